The Morgan fingerprint density at radius 1 is 0.773 bits per heavy atom. The second-order valence-corrected chi connectivity index (χ2v) is 6.04. The van der Waals surface area contributed by atoms with Gasteiger partial charge in [-0.05, 0) is 18.9 Å². The molecular formula is C20H36O2. The van der Waals surface area contributed by atoms with Crippen LogP contribution in [0.3, 0.4) is 0 Å². The first-order valence-corrected chi connectivity index (χ1v) is 9.26. The number of unbranched alkanes of at least 4 members (excludes halogenated alkanes) is 12. The zero-order valence-electron chi connectivity index (χ0n) is 14.8. The summed E-state index contributed by atoms with van der Waals surface area (Å²) < 4.78 is 4.69. The fourth-order valence-electron chi connectivity index (χ4n) is 2.46. The van der Waals surface area contributed by atoms with Crippen molar-refractivity contribution >= 4 is 5.97 Å². The first-order valence-electron chi connectivity index (χ1n) is 9.26. The molecule has 0 saturated heterocycles. The van der Waals surface area contributed by atoms with Gasteiger partial charge in [-0.25, -0.2) is 0 Å². The normalized spacial score (nSPS) is 11.5. The largest absolute Gasteiger partial charge is 0.435 e. The highest BCUT2D eigenvalue weighted by Gasteiger charge is 1.92. The monoisotopic (exact) mass is 308 g/mol. The molecule has 0 aromatic carbocycles. The van der Waals surface area contributed by atoms with Crippen LogP contribution in [0.15, 0.2) is 24.5 Å². The number of rotatable bonds is 15. The number of hydrogen-bond donors (Lipinski definition) is 0. The Morgan fingerprint density at radius 3 is 1.77 bits per heavy atom. The maximum Gasteiger partial charge on any atom is 0.307 e. The predicted molar refractivity (Wildman–Crippen MR) is 95.7 cm³/mol. The highest BCUT2D eigenvalue weighted by molar-refractivity contribution is 5.66. The lowest BCUT2D eigenvalue weighted by Gasteiger charge is -2.02. The number of esters is 1. The molecule has 0 aliphatic rings. The summed E-state index contributed by atoms with van der Waals surface area (Å²) in [6.07, 6.45) is 25.1. The number of carbonyl (C=O) groups is 1. The fourth-order valence-corrected chi connectivity index (χ4v) is 2.46. The third kappa shape index (κ3) is 18.9. The average molecular weight is 309 g/mol. The molecule has 0 aromatic rings. The van der Waals surface area contributed by atoms with Gasteiger partial charge in [0.2, 0.25) is 0 Å². The minimum atomic E-state index is -0.273. The summed E-state index contributed by atoms with van der Waals surface area (Å²) in [6.45, 7) is 3.68. The van der Waals surface area contributed by atoms with Gasteiger partial charge < -0.3 is 4.74 Å². The SMILES string of the molecule is CCCCCCCCCCCCCC/C=C\C=C/OC(C)=O. The molecule has 0 amide bonds. The summed E-state index contributed by atoms with van der Waals surface area (Å²) >= 11 is 0. The number of hydrogen-bond acceptors (Lipinski definition) is 2. The topological polar surface area (TPSA) is 26.3 Å². The van der Waals surface area contributed by atoms with Crippen LogP contribution in [0.1, 0.15) is 97.3 Å². The first-order chi connectivity index (χ1) is 10.8. The number of carbonyl (C=O) groups excluding carboxylic acids is 1. The van der Waals surface area contributed by atoms with Gasteiger partial charge in [0.25, 0.3) is 0 Å². The van der Waals surface area contributed by atoms with Gasteiger partial charge in [-0.15, -0.1) is 0 Å². The maximum atomic E-state index is 10.5. The van der Waals surface area contributed by atoms with Crippen molar-refractivity contribution in [2.75, 3.05) is 0 Å². The fraction of sp³-hybridized carbons (Fsp3) is 0.750. The molecule has 128 valence electrons. The molecule has 0 aromatic heterocycles. The standard InChI is InChI=1S/C20H36O2/c1-3-4-5-6-7-8-9-10-11-12-13-14-15-16-17-18-19-22-20(2)21/h16-19H,3-15H2,1-2H3/b17-16-,19-18-. The molecule has 0 bridgehead atoms. The van der Waals surface area contributed by atoms with E-state index in [1.54, 1.807) is 6.08 Å². The van der Waals surface area contributed by atoms with E-state index in [-0.39, 0.29) is 5.97 Å². The number of allylic oxidation sites excluding steroid dienone is 3. The van der Waals surface area contributed by atoms with Crippen molar-refractivity contribution in [1.29, 1.82) is 0 Å². The van der Waals surface area contributed by atoms with Gasteiger partial charge >= 0.3 is 5.97 Å². The Bertz CT molecular complexity index is 292. The van der Waals surface area contributed by atoms with Gasteiger partial charge in [-0.1, -0.05) is 89.7 Å². The van der Waals surface area contributed by atoms with E-state index in [1.165, 1.54) is 90.2 Å². The lowest BCUT2D eigenvalue weighted by atomic mass is 10.0. The van der Waals surface area contributed by atoms with Crippen molar-refractivity contribution < 1.29 is 9.53 Å². The molecule has 0 unspecified atom stereocenters. The van der Waals surface area contributed by atoms with E-state index in [0.717, 1.165) is 6.42 Å². The predicted octanol–water partition coefficient (Wildman–Crippen LogP) is 6.71. The molecule has 0 atom stereocenters. The zero-order valence-corrected chi connectivity index (χ0v) is 14.8. The van der Waals surface area contributed by atoms with E-state index >= 15 is 0 Å². The second-order valence-electron chi connectivity index (χ2n) is 6.04. The van der Waals surface area contributed by atoms with Crippen LogP contribution in [-0.2, 0) is 9.53 Å². The minimum Gasteiger partial charge on any atom is -0.435 e. The van der Waals surface area contributed by atoms with Crippen LogP contribution in [0.4, 0.5) is 0 Å². The van der Waals surface area contributed by atoms with E-state index in [4.69, 9.17) is 4.74 Å². The first kappa shape index (κ1) is 20.9. The van der Waals surface area contributed by atoms with Gasteiger partial charge in [-0.2, -0.15) is 0 Å². The van der Waals surface area contributed by atoms with E-state index in [1.807, 2.05) is 6.08 Å². The molecule has 22 heavy (non-hydrogen) atoms. The van der Waals surface area contributed by atoms with Gasteiger partial charge in [-0.3, -0.25) is 4.79 Å². The molecule has 0 fully saturated rings. The molecule has 2 heteroatoms. The van der Waals surface area contributed by atoms with Gasteiger partial charge in [0.1, 0.15) is 0 Å². The van der Waals surface area contributed by atoms with E-state index in [9.17, 15) is 4.79 Å². The summed E-state index contributed by atoms with van der Waals surface area (Å²) in [5.74, 6) is -0.273. The summed E-state index contributed by atoms with van der Waals surface area (Å²) in [6, 6.07) is 0. The van der Waals surface area contributed by atoms with Crippen molar-refractivity contribution in [3.63, 3.8) is 0 Å². The molecule has 0 rings (SSSR count). The molecule has 0 spiro atoms. The molecule has 0 aliphatic carbocycles. The van der Waals surface area contributed by atoms with Gasteiger partial charge in [0.15, 0.2) is 0 Å². The molecular weight excluding hydrogens is 272 g/mol. The third-order valence-corrected chi connectivity index (χ3v) is 3.78. The van der Waals surface area contributed by atoms with Crippen LogP contribution in [0.5, 0.6) is 0 Å². The van der Waals surface area contributed by atoms with E-state index in [0.29, 0.717) is 0 Å². The van der Waals surface area contributed by atoms with Crippen LogP contribution in [0.2, 0.25) is 0 Å². The highest BCUT2D eigenvalue weighted by atomic mass is 16.5. The van der Waals surface area contributed by atoms with Crippen molar-refractivity contribution in [3.8, 4) is 0 Å². The number of ether oxygens (including phenoxy) is 1. The van der Waals surface area contributed by atoms with Crippen molar-refractivity contribution in [2.45, 2.75) is 97.3 Å². The molecule has 0 N–H and O–H groups in total. The van der Waals surface area contributed by atoms with Crippen molar-refractivity contribution in [3.05, 3.63) is 24.5 Å². The molecule has 0 heterocycles. The molecule has 0 saturated carbocycles. The van der Waals surface area contributed by atoms with E-state index < -0.39 is 0 Å². The summed E-state index contributed by atoms with van der Waals surface area (Å²) in [7, 11) is 0. The Labute approximate surface area is 138 Å². The van der Waals surface area contributed by atoms with Crippen LogP contribution >= 0.6 is 0 Å². The summed E-state index contributed by atoms with van der Waals surface area (Å²) in [5, 5.41) is 0. The molecule has 2 nitrogen and oxygen atoms in total. The van der Waals surface area contributed by atoms with Crippen LogP contribution in [0.25, 0.3) is 0 Å². The third-order valence-electron chi connectivity index (χ3n) is 3.78. The Kier molecular flexibility index (Phi) is 17.1. The summed E-state index contributed by atoms with van der Waals surface area (Å²) in [5.41, 5.74) is 0. The Hall–Kier alpha value is -1.05. The Balaban J connectivity index is 3.12. The Morgan fingerprint density at radius 2 is 1.27 bits per heavy atom. The smallest absolute Gasteiger partial charge is 0.307 e. The lowest BCUT2D eigenvalue weighted by molar-refractivity contribution is -0.135. The quantitative estimate of drug-likeness (QED) is 0.145. The highest BCUT2D eigenvalue weighted by Crippen LogP contribution is 2.12. The van der Waals surface area contributed by atoms with Crippen LogP contribution < -0.4 is 0 Å². The molecule has 0 aliphatic heterocycles. The lowest BCUT2D eigenvalue weighted by Crippen LogP contribution is -1.88. The summed E-state index contributed by atoms with van der Waals surface area (Å²) in [4.78, 5) is 10.5. The van der Waals surface area contributed by atoms with Crippen molar-refractivity contribution in [1.82, 2.24) is 0 Å². The van der Waals surface area contributed by atoms with Crippen LogP contribution in [0, 0.1) is 0 Å². The van der Waals surface area contributed by atoms with Crippen LogP contribution in [-0.4, -0.2) is 5.97 Å². The minimum absolute atomic E-state index is 0.273. The zero-order chi connectivity index (χ0) is 16.3. The van der Waals surface area contributed by atoms with Gasteiger partial charge in [0, 0.05) is 6.92 Å². The maximum absolute atomic E-state index is 10.5. The van der Waals surface area contributed by atoms with E-state index in [2.05, 4.69) is 13.0 Å². The van der Waals surface area contributed by atoms with Crippen molar-refractivity contribution in [2.24, 2.45) is 0 Å². The van der Waals surface area contributed by atoms with Gasteiger partial charge in [0.05, 0.1) is 6.26 Å². The second kappa shape index (κ2) is 18.0. The average Bonchev–Trinajstić information content (AvgIpc) is 2.50. The molecule has 0 radical (unpaired) electrons.